The second-order valence-corrected chi connectivity index (χ2v) is 9.00. The van der Waals surface area contributed by atoms with Gasteiger partial charge in [0.2, 0.25) is 6.79 Å². The molecule has 0 bridgehead atoms. The number of carbonyl (C=O) groups excluding carboxylic acids is 2. The molecule has 3 aliphatic heterocycles. The summed E-state index contributed by atoms with van der Waals surface area (Å²) in [6, 6.07) is 22.3. The lowest BCUT2D eigenvalue weighted by Crippen LogP contribution is -2.45. The number of urea groups is 1. The van der Waals surface area contributed by atoms with Crippen LogP contribution in [0.15, 0.2) is 84.1 Å². The fraction of sp³-hybridized carbons (Fsp3) is 0.214. The first-order chi connectivity index (χ1) is 17.6. The van der Waals surface area contributed by atoms with E-state index < -0.39 is 6.04 Å². The second-order valence-electron chi connectivity index (χ2n) is 9.00. The van der Waals surface area contributed by atoms with Crippen molar-refractivity contribution >= 4 is 11.9 Å². The highest BCUT2D eigenvalue weighted by atomic mass is 16.7. The molecule has 0 fully saturated rings. The minimum Gasteiger partial charge on any atom is -0.489 e. The molecule has 0 aromatic heterocycles. The van der Waals surface area contributed by atoms with E-state index in [4.69, 9.17) is 14.2 Å². The van der Waals surface area contributed by atoms with E-state index in [2.05, 4.69) is 5.32 Å². The van der Waals surface area contributed by atoms with Crippen LogP contribution in [0.3, 0.4) is 0 Å². The smallest absolute Gasteiger partial charge is 0.322 e. The molecule has 3 aromatic carbocycles. The maximum atomic E-state index is 13.6. The first-order valence-corrected chi connectivity index (χ1v) is 11.8. The van der Waals surface area contributed by atoms with Gasteiger partial charge < -0.3 is 24.4 Å². The molecular weight excluding hydrogens is 458 g/mol. The van der Waals surface area contributed by atoms with Crippen LogP contribution in [0.4, 0.5) is 4.79 Å². The van der Waals surface area contributed by atoms with Crippen molar-refractivity contribution < 1.29 is 23.8 Å². The number of nitrogens with zero attached hydrogens (tertiary/aromatic N) is 2. The third kappa shape index (κ3) is 4.00. The van der Waals surface area contributed by atoms with E-state index >= 15 is 0 Å². The van der Waals surface area contributed by atoms with Crippen LogP contribution < -0.4 is 19.5 Å². The molecule has 0 saturated heterocycles. The van der Waals surface area contributed by atoms with Crippen molar-refractivity contribution in [1.29, 1.82) is 0 Å². The Kier molecular flexibility index (Phi) is 5.48. The maximum Gasteiger partial charge on any atom is 0.322 e. The number of nitrogens with one attached hydrogen (secondary N) is 1. The fourth-order valence-corrected chi connectivity index (χ4v) is 4.79. The van der Waals surface area contributed by atoms with Crippen LogP contribution in [-0.2, 0) is 17.9 Å². The molecule has 0 saturated carbocycles. The van der Waals surface area contributed by atoms with Crippen LogP contribution in [0, 0.1) is 0 Å². The maximum absolute atomic E-state index is 13.6. The Morgan fingerprint density at radius 2 is 1.78 bits per heavy atom. The van der Waals surface area contributed by atoms with Crippen LogP contribution in [0.25, 0.3) is 0 Å². The van der Waals surface area contributed by atoms with Gasteiger partial charge in [0, 0.05) is 13.6 Å². The lowest BCUT2D eigenvalue weighted by atomic mass is 9.95. The zero-order chi connectivity index (χ0) is 24.6. The topological polar surface area (TPSA) is 80.3 Å². The van der Waals surface area contributed by atoms with Crippen molar-refractivity contribution in [3.05, 3.63) is 101 Å². The van der Waals surface area contributed by atoms with Crippen molar-refractivity contribution in [2.24, 2.45) is 0 Å². The predicted octanol–water partition coefficient (Wildman–Crippen LogP) is 3.99. The highest BCUT2D eigenvalue weighted by Gasteiger charge is 2.43. The zero-order valence-corrected chi connectivity index (χ0v) is 19.8. The average Bonchev–Trinajstić information content (AvgIpc) is 3.50. The van der Waals surface area contributed by atoms with Gasteiger partial charge in [0.05, 0.1) is 23.9 Å². The molecule has 1 unspecified atom stereocenters. The Hall–Kier alpha value is -4.46. The zero-order valence-electron chi connectivity index (χ0n) is 19.8. The van der Waals surface area contributed by atoms with Crippen molar-refractivity contribution in [3.63, 3.8) is 0 Å². The Balaban J connectivity index is 1.24. The van der Waals surface area contributed by atoms with Crippen LogP contribution in [0.5, 0.6) is 17.2 Å². The Morgan fingerprint density at radius 3 is 2.64 bits per heavy atom. The molecule has 3 aromatic rings. The van der Waals surface area contributed by atoms with Crippen molar-refractivity contribution in [2.45, 2.75) is 19.2 Å². The van der Waals surface area contributed by atoms with Gasteiger partial charge in [0.15, 0.2) is 11.5 Å². The standard InChI is InChI=1S/C28H25N3O5/c1-30-22-15-31(14-19-10-11-23-24(12-19)36-17-35-23)27(32)25(22)26(29-28(30)33)20-8-5-9-21(13-20)34-16-18-6-3-2-4-7-18/h2-13,26H,14-17H2,1H3,(H,29,33). The molecule has 0 aliphatic carbocycles. The average molecular weight is 484 g/mol. The molecule has 8 heteroatoms. The molecule has 36 heavy (non-hydrogen) atoms. The fourth-order valence-electron chi connectivity index (χ4n) is 4.79. The van der Waals surface area contributed by atoms with Crippen LogP contribution >= 0.6 is 0 Å². The number of ether oxygens (including phenoxy) is 3. The summed E-state index contributed by atoms with van der Waals surface area (Å²) in [5, 5.41) is 2.99. The van der Waals surface area contributed by atoms with Gasteiger partial charge in [-0.15, -0.1) is 0 Å². The number of benzene rings is 3. The van der Waals surface area contributed by atoms with E-state index in [1.54, 1.807) is 11.9 Å². The van der Waals surface area contributed by atoms with Gasteiger partial charge >= 0.3 is 6.03 Å². The van der Waals surface area contributed by atoms with Gasteiger partial charge in [-0.1, -0.05) is 48.5 Å². The van der Waals surface area contributed by atoms with Crippen LogP contribution in [0.2, 0.25) is 0 Å². The molecule has 1 N–H and O–H groups in total. The van der Waals surface area contributed by atoms with Crippen LogP contribution in [-0.4, -0.2) is 42.1 Å². The van der Waals surface area contributed by atoms with Gasteiger partial charge in [-0.3, -0.25) is 9.69 Å². The van der Waals surface area contributed by atoms with E-state index in [-0.39, 0.29) is 18.7 Å². The Labute approximate surface area is 208 Å². The summed E-state index contributed by atoms with van der Waals surface area (Å²) in [4.78, 5) is 29.7. The number of hydrogen-bond donors (Lipinski definition) is 1. The number of hydrogen-bond acceptors (Lipinski definition) is 5. The van der Waals surface area contributed by atoms with Gasteiger partial charge in [0.25, 0.3) is 5.91 Å². The van der Waals surface area contributed by atoms with E-state index in [1.165, 1.54) is 4.90 Å². The van der Waals surface area contributed by atoms with Gasteiger partial charge in [-0.05, 0) is 41.0 Å². The highest BCUT2D eigenvalue weighted by molar-refractivity contribution is 6.01. The second kappa shape index (κ2) is 8.96. The number of carbonyl (C=O) groups is 2. The van der Waals surface area contributed by atoms with Crippen LogP contribution in [0.1, 0.15) is 22.7 Å². The number of fused-ring (bicyclic) bond motifs is 1. The lowest BCUT2D eigenvalue weighted by molar-refractivity contribution is -0.126. The lowest BCUT2D eigenvalue weighted by Gasteiger charge is -2.31. The number of amides is 3. The summed E-state index contributed by atoms with van der Waals surface area (Å²) in [6.45, 7) is 1.39. The van der Waals surface area contributed by atoms with Crippen molar-refractivity contribution in [1.82, 2.24) is 15.1 Å². The summed E-state index contributed by atoms with van der Waals surface area (Å²) < 4.78 is 16.9. The highest BCUT2D eigenvalue weighted by Crippen LogP contribution is 2.38. The number of rotatable bonds is 6. The van der Waals surface area contributed by atoms with Gasteiger partial charge in [-0.25, -0.2) is 4.79 Å². The Bertz CT molecular complexity index is 1370. The summed E-state index contributed by atoms with van der Waals surface area (Å²) in [5.74, 6) is 1.95. The SMILES string of the molecule is CN1C(=O)NC(c2cccc(OCc3ccccc3)c2)C2=C1CN(Cc1ccc3c(c1)OCO3)C2=O. The van der Waals surface area contributed by atoms with E-state index in [0.29, 0.717) is 48.2 Å². The molecule has 3 amide bonds. The first-order valence-electron chi connectivity index (χ1n) is 11.8. The molecule has 6 rings (SSSR count). The third-order valence-electron chi connectivity index (χ3n) is 6.69. The molecular formula is C28H25N3O5. The van der Waals surface area contributed by atoms with Crippen molar-refractivity contribution in [3.8, 4) is 17.2 Å². The molecule has 0 radical (unpaired) electrons. The van der Waals surface area contributed by atoms with Crippen molar-refractivity contribution in [2.75, 3.05) is 20.4 Å². The molecule has 8 nitrogen and oxygen atoms in total. The summed E-state index contributed by atoms with van der Waals surface area (Å²) in [5.41, 5.74) is 4.09. The summed E-state index contributed by atoms with van der Waals surface area (Å²) in [6.07, 6.45) is 0. The third-order valence-corrected chi connectivity index (χ3v) is 6.69. The predicted molar refractivity (Wildman–Crippen MR) is 131 cm³/mol. The quantitative estimate of drug-likeness (QED) is 0.574. The summed E-state index contributed by atoms with van der Waals surface area (Å²) >= 11 is 0. The molecule has 0 spiro atoms. The monoisotopic (exact) mass is 483 g/mol. The Morgan fingerprint density at radius 1 is 0.944 bits per heavy atom. The van der Waals surface area contributed by atoms with E-state index in [1.807, 2.05) is 72.8 Å². The van der Waals surface area contributed by atoms with E-state index in [9.17, 15) is 9.59 Å². The van der Waals surface area contributed by atoms with E-state index in [0.717, 1.165) is 16.7 Å². The molecule has 3 heterocycles. The molecule has 1 atom stereocenters. The molecule has 182 valence electrons. The first kappa shape index (κ1) is 22.0. The normalized spacial score (nSPS) is 18.4. The minimum atomic E-state index is -0.557. The molecule has 3 aliphatic rings. The summed E-state index contributed by atoms with van der Waals surface area (Å²) in [7, 11) is 1.69. The largest absolute Gasteiger partial charge is 0.489 e. The minimum absolute atomic E-state index is 0.102. The number of likely N-dealkylation sites (N-methyl/N-ethyl adjacent to an activating group) is 1. The van der Waals surface area contributed by atoms with Gasteiger partial charge in [0.1, 0.15) is 12.4 Å². The van der Waals surface area contributed by atoms with Gasteiger partial charge in [-0.2, -0.15) is 0 Å².